The number of hydrazone groups is 1. The number of benzene rings is 3. The minimum atomic E-state index is -0.520. The summed E-state index contributed by atoms with van der Waals surface area (Å²) in [5.74, 6) is 1.20. The van der Waals surface area contributed by atoms with E-state index >= 15 is 0 Å². The molecule has 0 radical (unpaired) electrons. The van der Waals surface area contributed by atoms with E-state index in [1.54, 1.807) is 18.2 Å². The standard InChI is InChI=1S/C36H41Cl3N4O4/c1-8-33(47-30-15-14-23(35(4,5)9-2)16-27(30)36(6,7)10-3)46-21-40-25-12-11-13-26(19-25)45-22-41-31-20-32(44)43(42-31)34-28(38)17-24(37)18-29(34)39/h11-19,21-22,33H,8-10,20H2,1-7H3. The van der Waals surface area contributed by atoms with Gasteiger partial charge in [0, 0.05) is 23.1 Å². The Morgan fingerprint density at radius 3 is 2.28 bits per heavy atom. The quantitative estimate of drug-likeness (QED) is 0.101. The average molecular weight is 700 g/mol. The van der Waals surface area contributed by atoms with Crippen molar-refractivity contribution in [1.82, 2.24) is 0 Å². The van der Waals surface area contributed by atoms with Gasteiger partial charge in [0.2, 0.25) is 6.29 Å². The fourth-order valence-corrected chi connectivity index (χ4v) is 5.65. The molecule has 0 saturated heterocycles. The monoisotopic (exact) mass is 698 g/mol. The van der Waals surface area contributed by atoms with Crippen LogP contribution in [0.25, 0.3) is 0 Å². The molecular weight excluding hydrogens is 659 g/mol. The maximum absolute atomic E-state index is 12.6. The van der Waals surface area contributed by atoms with Gasteiger partial charge in [-0.15, -0.1) is 5.10 Å². The smallest absolute Gasteiger partial charge is 0.255 e. The van der Waals surface area contributed by atoms with Gasteiger partial charge >= 0.3 is 0 Å². The van der Waals surface area contributed by atoms with Crippen molar-refractivity contribution in [2.75, 3.05) is 5.01 Å². The van der Waals surface area contributed by atoms with Crippen LogP contribution >= 0.6 is 34.8 Å². The Morgan fingerprint density at radius 1 is 0.915 bits per heavy atom. The Balaban J connectivity index is 1.40. The molecule has 250 valence electrons. The fraction of sp³-hybridized carbons (Fsp3) is 0.389. The summed E-state index contributed by atoms with van der Waals surface area (Å²) in [4.78, 5) is 21.2. The zero-order chi connectivity index (χ0) is 34.4. The van der Waals surface area contributed by atoms with E-state index in [1.165, 1.54) is 36.1 Å². The van der Waals surface area contributed by atoms with Crippen LogP contribution in [-0.4, -0.2) is 30.8 Å². The molecule has 0 aliphatic carbocycles. The van der Waals surface area contributed by atoms with Crippen molar-refractivity contribution in [3.8, 4) is 11.5 Å². The first kappa shape index (κ1) is 36.2. The molecule has 3 aromatic carbocycles. The van der Waals surface area contributed by atoms with Crippen molar-refractivity contribution in [3.05, 3.63) is 80.8 Å². The molecule has 1 unspecified atom stereocenters. The second kappa shape index (κ2) is 15.5. The molecular formula is C36H41Cl3N4O4. The van der Waals surface area contributed by atoms with Crippen molar-refractivity contribution in [2.45, 2.75) is 91.3 Å². The van der Waals surface area contributed by atoms with Crippen LogP contribution in [0.4, 0.5) is 11.4 Å². The molecule has 47 heavy (non-hydrogen) atoms. The number of halogens is 3. The first-order valence-electron chi connectivity index (χ1n) is 15.6. The number of hydrogen-bond acceptors (Lipinski definition) is 7. The number of ether oxygens (including phenoxy) is 3. The van der Waals surface area contributed by atoms with Crippen molar-refractivity contribution >= 4 is 70.7 Å². The van der Waals surface area contributed by atoms with Crippen LogP contribution in [0.2, 0.25) is 15.1 Å². The summed E-state index contributed by atoms with van der Waals surface area (Å²) in [6, 6.07) is 16.6. The van der Waals surface area contributed by atoms with Crippen LogP contribution in [0.5, 0.6) is 11.5 Å². The first-order chi connectivity index (χ1) is 22.3. The number of amidine groups is 1. The third kappa shape index (κ3) is 9.06. The number of amides is 1. The maximum atomic E-state index is 12.6. The van der Waals surface area contributed by atoms with Gasteiger partial charge in [0.25, 0.3) is 5.91 Å². The molecule has 4 rings (SSSR count). The summed E-state index contributed by atoms with van der Waals surface area (Å²) in [5, 5.41) is 6.11. The van der Waals surface area contributed by atoms with Gasteiger partial charge in [0.05, 0.1) is 22.2 Å². The fourth-order valence-electron chi connectivity index (χ4n) is 4.67. The minimum absolute atomic E-state index is 0.0458. The Kier molecular flexibility index (Phi) is 12.0. The zero-order valence-electron chi connectivity index (χ0n) is 27.8. The van der Waals surface area contributed by atoms with Crippen molar-refractivity contribution in [3.63, 3.8) is 0 Å². The molecule has 0 aromatic heterocycles. The Labute approximate surface area is 292 Å². The topological polar surface area (TPSA) is 85.1 Å². The molecule has 1 amide bonds. The van der Waals surface area contributed by atoms with Crippen LogP contribution < -0.4 is 14.5 Å². The highest BCUT2D eigenvalue weighted by molar-refractivity contribution is 6.42. The molecule has 0 saturated carbocycles. The number of rotatable bonds is 13. The number of hydrogen-bond donors (Lipinski definition) is 0. The van der Waals surface area contributed by atoms with E-state index < -0.39 is 6.29 Å². The van der Waals surface area contributed by atoms with Gasteiger partial charge in [0.1, 0.15) is 17.2 Å². The normalized spacial score (nSPS) is 14.6. The van der Waals surface area contributed by atoms with E-state index in [-0.39, 0.29) is 44.7 Å². The Bertz CT molecular complexity index is 1660. The third-order valence-corrected chi connectivity index (χ3v) is 9.22. The summed E-state index contributed by atoms with van der Waals surface area (Å²) < 4.78 is 18.0. The van der Waals surface area contributed by atoms with Crippen molar-refractivity contribution in [2.24, 2.45) is 15.1 Å². The lowest BCUT2D eigenvalue weighted by molar-refractivity contribution is -0.116. The predicted octanol–water partition coefficient (Wildman–Crippen LogP) is 10.7. The summed E-state index contributed by atoms with van der Waals surface area (Å²) in [7, 11) is 0. The lowest BCUT2D eigenvalue weighted by Crippen LogP contribution is -2.24. The van der Waals surface area contributed by atoms with Crippen molar-refractivity contribution < 1.29 is 19.0 Å². The Hall–Kier alpha value is -3.59. The lowest BCUT2D eigenvalue weighted by atomic mass is 9.76. The summed E-state index contributed by atoms with van der Waals surface area (Å²) >= 11 is 18.5. The van der Waals surface area contributed by atoms with E-state index in [2.05, 4.69) is 74.8 Å². The molecule has 1 aliphatic heterocycles. The van der Waals surface area contributed by atoms with E-state index in [1.807, 2.05) is 13.0 Å². The number of carbonyl (C=O) groups is 1. The van der Waals surface area contributed by atoms with E-state index in [4.69, 9.17) is 49.0 Å². The summed E-state index contributed by atoms with van der Waals surface area (Å²) in [6.07, 6.45) is 4.68. The van der Waals surface area contributed by atoms with E-state index in [9.17, 15) is 4.79 Å². The van der Waals surface area contributed by atoms with Gasteiger partial charge in [-0.3, -0.25) is 4.79 Å². The van der Waals surface area contributed by atoms with Crippen LogP contribution in [0.1, 0.15) is 85.3 Å². The first-order valence-corrected chi connectivity index (χ1v) is 16.7. The molecule has 3 aromatic rings. The maximum Gasteiger partial charge on any atom is 0.255 e. The molecule has 11 heteroatoms. The van der Waals surface area contributed by atoms with Gasteiger partial charge in [-0.1, -0.05) is 101 Å². The molecule has 0 fully saturated rings. The van der Waals surface area contributed by atoms with Crippen LogP contribution in [0.3, 0.4) is 0 Å². The molecule has 0 bridgehead atoms. The second-order valence-corrected chi connectivity index (χ2v) is 13.7. The molecule has 1 heterocycles. The molecule has 0 spiro atoms. The summed E-state index contributed by atoms with van der Waals surface area (Å²) in [6.45, 7) is 15.4. The number of aliphatic imine (C=N–C) groups is 2. The average Bonchev–Trinajstić information content (AvgIpc) is 3.39. The van der Waals surface area contributed by atoms with Crippen molar-refractivity contribution in [1.29, 1.82) is 0 Å². The highest BCUT2D eigenvalue weighted by Crippen LogP contribution is 2.40. The van der Waals surface area contributed by atoms with Gasteiger partial charge in [-0.25, -0.2) is 9.98 Å². The summed E-state index contributed by atoms with van der Waals surface area (Å²) in [5.41, 5.74) is 3.32. The highest BCUT2D eigenvalue weighted by atomic mass is 35.5. The van der Waals surface area contributed by atoms with Gasteiger partial charge < -0.3 is 14.2 Å². The van der Waals surface area contributed by atoms with Crippen LogP contribution in [0.15, 0.2) is 69.7 Å². The highest BCUT2D eigenvalue weighted by Gasteiger charge is 2.29. The zero-order valence-corrected chi connectivity index (χ0v) is 30.1. The van der Waals surface area contributed by atoms with Gasteiger partial charge in [-0.05, 0) is 59.6 Å². The van der Waals surface area contributed by atoms with Crippen LogP contribution in [-0.2, 0) is 20.4 Å². The van der Waals surface area contributed by atoms with Crippen LogP contribution in [0, 0.1) is 0 Å². The largest absolute Gasteiger partial charge is 0.455 e. The lowest BCUT2D eigenvalue weighted by Gasteiger charge is -2.31. The number of carbonyl (C=O) groups excluding carboxylic acids is 1. The third-order valence-electron chi connectivity index (χ3n) is 8.43. The van der Waals surface area contributed by atoms with E-state index in [0.717, 1.165) is 23.6 Å². The number of anilines is 1. The second-order valence-electron chi connectivity index (χ2n) is 12.5. The molecule has 1 atom stereocenters. The van der Waals surface area contributed by atoms with Gasteiger partial charge in [-0.2, -0.15) is 5.01 Å². The number of nitrogens with zero attached hydrogens (tertiary/aromatic N) is 4. The predicted molar refractivity (Wildman–Crippen MR) is 194 cm³/mol. The minimum Gasteiger partial charge on any atom is -0.455 e. The SMILES string of the molecule is CCC(OC=Nc1cccc(OC=NC2=NN(c3c(Cl)cc(Cl)cc3Cl)C(=O)C2)c1)Oc1ccc(C(C)(C)CC)cc1C(C)(C)CC. The van der Waals surface area contributed by atoms with E-state index in [0.29, 0.717) is 22.9 Å². The van der Waals surface area contributed by atoms with Gasteiger partial charge in [0.15, 0.2) is 18.6 Å². The Morgan fingerprint density at radius 2 is 1.62 bits per heavy atom. The molecule has 1 aliphatic rings. The molecule has 0 N–H and O–H groups in total. The molecule has 8 nitrogen and oxygen atoms in total.